The number of aromatic nitrogens is 1. The molecule has 0 aromatic carbocycles. The third-order valence-corrected chi connectivity index (χ3v) is 2.50. The van der Waals surface area contributed by atoms with Crippen molar-refractivity contribution >= 4 is 5.82 Å². The van der Waals surface area contributed by atoms with Gasteiger partial charge in [0.05, 0.1) is 0 Å². The maximum absolute atomic E-state index is 5.84. The van der Waals surface area contributed by atoms with Gasteiger partial charge < -0.3 is 16.4 Å². The van der Waals surface area contributed by atoms with E-state index >= 15 is 0 Å². The largest absolute Gasteiger partial charge is 0.383 e. The number of hydrogen-bond donors (Lipinski definition) is 3. The van der Waals surface area contributed by atoms with E-state index in [4.69, 9.17) is 5.73 Å². The molecule has 1 unspecified atom stereocenters. The predicted octanol–water partition coefficient (Wildman–Crippen LogP) is 0.206. The van der Waals surface area contributed by atoms with Gasteiger partial charge >= 0.3 is 0 Å². The molecule has 4 heteroatoms. The van der Waals surface area contributed by atoms with E-state index in [-0.39, 0.29) is 0 Å². The first-order valence-electron chi connectivity index (χ1n) is 4.93. The van der Waals surface area contributed by atoms with Crippen LogP contribution < -0.4 is 16.4 Å². The van der Waals surface area contributed by atoms with Crippen LogP contribution in [-0.2, 0) is 0 Å². The second-order valence-electron chi connectivity index (χ2n) is 3.70. The van der Waals surface area contributed by atoms with Crippen molar-refractivity contribution in [3.63, 3.8) is 0 Å². The van der Waals surface area contributed by atoms with Crippen LogP contribution in [0.3, 0.4) is 0 Å². The first-order chi connectivity index (χ1) is 6.77. The highest BCUT2D eigenvalue weighted by Gasteiger charge is 2.17. The van der Waals surface area contributed by atoms with Crippen molar-refractivity contribution in [2.24, 2.45) is 0 Å². The van der Waals surface area contributed by atoms with Crippen molar-refractivity contribution in [2.75, 3.05) is 25.4 Å². The van der Waals surface area contributed by atoms with Crippen LogP contribution in [0.15, 0.2) is 12.3 Å². The minimum atomic E-state index is 0.302. The van der Waals surface area contributed by atoms with Crippen molar-refractivity contribution in [3.8, 4) is 0 Å². The highest BCUT2D eigenvalue weighted by atomic mass is 15.1. The molecule has 0 amide bonds. The molecule has 14 heavy (non-hydrogen) atoms. The molecule has 1 aliphatic rings. The molecule has 1 aliphatic heterocycles. The van der Waals surface area contributed by atoms with Crippen LogP contribution in [0.5, 0.6) is 0 Å². The number of pyridine rings is 1. The number of piperazine rings is 1. The number of nitrogens with two attached hydrogens (primary N) is 1. The van der Waals surface area contributed by atoms with Gasteiger partial charge in [0.25, 0.3) is 0 Å². The molecule has 76 valence electrons. The minimum Gasteiger partial charge on any atom is -0.383 e. The van der Waals surface area contributed by atoms with Crippen LogP contribution in [-0.4, -0.2) is 24.6 Å². The lowest BCUT2D eigenvalue weighted by molar-refractivity contribution is 0.430. The molecular weight excluding hydrogens is 176 g/mol. The summed E-state index contributed by atoms with van der Waals surface area (Å²) in [6.45, 7) is 4.97. The van der Waals surface area contributed by atoms with Crippen LogP contribution in [0.2, 0.25) is 0 Å². The Morgan fingerprint density at radius 3 is 3.07 bits per heavy atom. The number of nitrogen functional groups attached to an aromatic ring is 1. The molecule has 0 saturated carbocycles. The Balaban J connectivity index is 2.24. The smallest absolute Gasteiger partial charge is 0.128 e. The number of nitrogens with zero attached hydrogens (tertiary/aromatic N) is 1. The number of aryl methyl sites for hydroxylation is 1. The van der Waals surface area contributed by atoms with Gasteiger partial charge in [-0.05, 0) is 18.6 Å². The molecule has 2 heterocycles. The molecule has 4 nitrogen and oxygen atoms in total. The summed E-state index contributed by atoms with van der Waals surface area (Å²) in [7, 11) is 0. The molecular formula is C10H16N4. The van der Waals surface area contributed by atoms with Gasteiger partial charge in [0, 0.05) is 37.4 Å². The van der Waals surface area contributed by atoms with Crippen molar-refractivity contribution in [2.45, 2.75) is 13.0 Å². The molecule has 1 saturated heterocycles. The summed E-state index contributed by atoms with van der Waals surface area (Å²) < 4.78 is 0. The zero-order valence-electron chi connectivity index (χ0n) is 8.38. The lowest BCUT2D eigenvalue weighted by Gasteiger charge is -2.25. The topological polar surface area (TPSA) is 63.0 Å². The van der Waals surface area contributed by atoms with E-state index in [9.17, 15) is 0 Å². The minimum absolute atomic E-state index is 0.302. The Hall–Kier alpha value is -1.13. The van der Waals surface area contributed by atoms with E-state index < -0.39 is 0 Å². The lowest BCUT2D eigenvalue weighted by atomic mass is 10.0. The van der Waals surface area contributed by atoms with E-state index in [0.29, 0.717) is 11.9 Å². The van der Waals surface area contributed by atoms with Crippen LogP contribution >= 0.6 is 0 Å². The fourth-order valence-electron chi connectivity index (χ4n) is 1.75. The van der Waals surface area contributed by atoms with Crippen LogP contribution in [0.1, 0.15) is 17.2 Å². The fourth-order valence-corrected chi connectivity index (χ4v) is 1.75. The zero-order valence-corrected chi connectivity index (χ0v) is 8.38. The summed E-state index contributed by atoms with van der Waals surface area (Å²) >= 11 is 0. The standard InChI is InChI=1S/C10H16N4/c1-7-4-8(10(11)14-5-7)9-6-12-2-3-13-9/h4-5,9,12-13H,2-3,6H2,1H3,(H2,11,14). The van der Waals surface area contributed by atoms with E-state index in [1.807, 2.05) is 6.92 Å². The molecule has 2 rings (SSSR count). The van der Waals surface area contributed by atoms with Crippen LogP contribution in [0, 0.1) is 6.92 Å². The number of hydrogen-bond acceptors (Lipinski definition) is 4. The molecule has 0 aliphatic carbocycles. The summed E-state index contributed by atoms with van der Waals surface area (Å²) in [5.74, 6) is 0.636. The van der Waals surface area contributed by atoms with Crippen molar-refractivity contribution in [3.05, 3.63) is 23.4 Å². The molecule has 0 bridgehead atoms. The van der Waals surface area contributed by atoms with Crippen LogP contribution in [0.4, 0.5) is 5.82 Å². The average Bonchev–Trinajstić information content (AvgIpc) is 2.23. The molecule has 4 N–H and O–H groups in total. The summed E-state index contributed by atoms with van der Waals surface area (Å²) in [5.41, 5.74) is 8.10. The molecule has 1 aromatic rings. The monoisotopic (exact) mass is 192 g/mol. The number of nitrogens with one attached hydrogen (secondary N) is 2. The van der Waals surface area contributed by atoms with E-state index in [0.717, 1.165) is 30.8 Å². The Morgan fingerprint density at radius 1 is 1.50 bits per heavy atom. The Kier molecular flexibility index (Phi) is 2.65. The summed E-state index contributed by atoms with van der Waals surface area (Å²) in [5, 5.41) is 6.76. The Labute approximate surface area is 83.9 Å². The quantitative estimate of drug-likeness (QED) is 0.595. The van der Waals surface area contributed by atoms with Crippen molar-refractivity contribution < 1.29 is 0 Å². The van der Waals surface area contributed by atoms with Gasteiger partial charge in [0.15, 0.2) is 0 Å². The Morgan fingerprint density at radius 2 is 2.36 bits per heavy atom. The SMILES string of the molecule is Cc1cnc(N)c(C2CNCCN2)c1. The number of rotatable bonds is 1. The van der Waals surface area contributed by atoms with Gasteiger partial charge in [0.1, 0.15) is 5.82 Å². The third kappa shape index (κ3) is 1.86. The van der Waals surface area contributed by atoms with E-state index in [2.05, 4.69) is 21.7 Å². The second-order valence-corrected chi connectivity index (χ2v) is 3.70. The first-order valence-corrected chi connectivity index (χ1v) is 4.93. The van der Waals surface area contributed by atoms with Gasteiger partial charge in [-0.2, -0.15) is 0 Å². The zero-order chi connectivity index (χ0) is 9.97. The van der Waals surface area contributed by atoms with Gasteiger partial charge in [-0.3, -0.25) is 0 Å². The normalized spacial score (nSPS) is 22.2. The van der Waals surface area contributed by atoms with E-state index in [1.165, 1.54) is 0 Å². The first kappa shape index (κ1) is 9.43. The fraction of sp³-hybridized carbons (Fsp3) is 0.500. The summed E-state index contributed by atoms with van der Waals surface area (Å²) in [6, 6.07) is 2.41. The second kappa shape index (κ2) is 3.94. The van der Waals surface area contributed by atoms with Crippen molar-refractivity contribution in [1.29, 1.82) is 0 Å². The Bertz CT molecular complexity index is 318. The highest BCUT2D eigenvalue weighted by molar-refractivity contribution is 5.43. The highest BCUT2D eigenvalue weighted by Crippen LogP contribution is 2.19. The summed E-state index contributed by atoms with van der Waals surface area (Å²) in [6.07, 6.45) is 1.80. The van der Waals surface area contributed by atoms with Crippen LogP contribution in [0.25, 0.3) is 0 Å². The number of anilines is 1. The maximum atomic E-state index is 5.84. The molecule has 0 radical (unpaired) electrons. The third-order valence-electron chi connectivity index (χ3n) is 2.50. The molecule has 0 spiro atoms. The lowest BCUT2D eigenvalue weighted by Crippen LogP contribution is -2.42. The van der Waals surface area contributed by atoms with E-state index in [1.54, 1.807) is 6.20 Å². The van der Waals surface area contributed by atoms with Gasteiger partial charge in [-0.25, -0.2) is 4.98 Å². The average molecular weight is 192 g/mol. The predicted molar refractivity (Wildman–Crippen MR) is 57.0 cm³/mol. The van der Waals surface area contributed by atoms with Gasteiger partial charge in [-0.1, -0.05) is 0 Å². The summed E-state index contributed by atoms with van der Waals surface area (Å²) in [4.78, 5) is 4.16. The van der Waals surface area contributed by atoms with Gasteiger partial charge in [-0.15, -0.1) is 0 Å². The molecule has 1 fully saturated rings. The maximum Gasteiger partial charge on any atom is 0.128 e. The van der Waals surface area contributed by atoms with Crippen molar-refractivity contribution in [1.82, 2.24) is 15.6 Å². The molecule has 1 atom stereocenters. The molecule has 1 aromatic heterocycles. The van der Waals surface area contributed by atoms with Gasteiger partial charge in [0.2, 0.25) is 0 Å².